The van der Waals surface area contributed by atoms with Crippen LogP contribution in [0, 0.1) is 5.92 Å². The summed E-state index contributed by atoms with van der Waals surface area (Å²) in [4.78, 5) is 30.9. The number of pyridine rings is 1. The number of nitrogens with zero attached hydrogens (tertiary/aromatic N) is 3. The lowest BCUT2D eigenvalue weighted by Crippen LogP contribution is -2.51. The highest BCUT2D eigenvalue weighted by molar-refractivity contribution is 7.22. The molecule has 5 nitrogen and oxygen atoms in total. The van der Waals surface area contributed by atoms with Crippen LogP contribution in [0.1, 0.15) is 18.0 Å². The van der Waals surface area contributed by atoms with Crippen molar-refractivity contribution in [1.29, 1.82) is 0 Å². The zero-order valence-electron chi connectivity index (χ0n) is 16.8. The maximum Gasteiger partial charge on any atom is 0.259 e. The molecule has 150 valence electrons. The number of piperidine rings is 1. The van der Waals surface area contributed by atoms with Gasteiger partial charge in [-0.25, -0.2) is 0 Å². The second kappa shape index (κ2) is 7.11. The second-order valence-electron chi connectivity index (χ2n) is 8.57. The van der Waals surface area contributed by atoms with Crippen molar-refractivity contribution in [2.75, 3.05) is 33.7 Å². The van der Waals surface area contributed by atoms with Crippen LogP contribution in [0.2, 0.25) is 0 Å². The largest absolute Gasteiger partial charge is 0.341 e. The fraction of sp³-hybridized carbons (Fsp3) is 0.391. The fourth-order valence-corrected chi connectivity index (χ4v) is 5.90. The molecule has 0 aliphatic carbocycles. The van der Waals surface area contributed by atoms with E-state index >= 15 is 0 Å². The molecule has 2 unspecified atom stereocenters. The molecule has 1 aromatic carbocycles. The zero-order chi connectivity index (χ0) is 20.1. The van der Waals surface area contributed by atoms with Gasteiger partial charge in [-0.1, -0.05) is 18.2 Å². The summed E-state index contributed by atoms with van der Waals surface area (Å²) >= 11 is 1.68. The van der Waals surface area contributed by atoms with E-state index in [4.69, 9.17) is 0 Å². The van der Waals surface area contributed by atoms with Crippen LogP contribution in [0.4, 0.5) is 0 Å². The van der Waals surface area contributed by atoms with Crippen molar-refractivity contribution in [1.82, 2.24) is 14.4 Å². The van der Waals surface area contributed by atoms with Gasteiger partial charge >= 0.3 is 0 Å². The predicted molar refractivity (Wildman–Crippen MR) is 118 cm³/mol. The maximum absolute atomic E-state index is 13.4. The van der Waals surface area contributed by atoms with Crippen molar-refractivity contribution in [3.8, 4) is 10.4 Å². The Morgan fingerprint density at radius 3 is 2.76 bits per heavy atom. The molecule has 1 amide bonds. The van der Waals surface area contributed by atoms with Crippen molar-refractivity contribution in [2.24, 2.45) is 5.92 Å². The predicted octanol–water partition coefficient (Wildman–Crippen LogP) is 3.24. The lowest BCUT2D eigenvalue weighted by atomic mass is 9.83. The summed E-state index contributed by atoms with van der Waals surface area (Å²) in [5.74, 6) is 0.780. The highest BCUT2D eigenvalue weighted by Gasteiger charge is 2.36. The monoisotopic (exact) mass is 407 g/mol. The Bertz CT molecular complexity index is 1110. The number of likely N-dealkylation sites (tertiary alicyclic amines) is 1. The van der Waals surface area contributed by atoms with E-state index in [1.54, 1.807) is 11.3 Å². The molecule has 3 aromatic rings. The lowest BCUT2D eigenvalue weighted by molar-refractivity contribution is -0.134. The van der Waals surface area contributed by atoms with E-state index in [0.29, 0.717) is 25.6 Å². The van der Waals surface area contributed by atoms with Gasteiger partial charge in [-0.05, 0) is 56.1 Å². The van der Waals surface area contributed by atoms with E-state index in [-0.39, 0.29) is 17.4 Å². The number of aromatic nitrogens is 1. The first-order chi connectivity index (χ1) is 14.0. The van der Waals surface area contributed by atoms with Gasteiger partial charge in [-0.3, -0.25) is 9.59 Å². The van der Waals surface area contributed by atoms with Crippen LogP contribution in [-0.4, -0.2) is 54.0 Å². The van der Waals surface area contributed by atoms with Crippen molar-refractivity contribution in [2.45, 2.75) is 18.9 Å². The molecular weight excluding hydrogens is 382 g/mol. The molecule has 0 N–H and O–H groups in total. The highest BCUT2D eigenvalue weighted by atomic mass is 32.1. The molecular formula is C23H25N3O2S. The van der Waals surface area contributed by atoms with E-state index < -0.39 is 0 Å². The Hall–Kier alpha value is -2.44. The van der Waals surface area contributed by atoms with Crippen molar-refractivity contribution < 1.29 is 4.79 Å². The molecule has 29 heavy (non-hydrogen) atoms. The van der Waals surface area contributed by atoms with Gasteiger partial charge in [0.25, 0.3) is 5.56 Å². The molecule has 2 atom stereocenters. The number of benzene rings is 1. The average Bonchev–Trinajstić information content (AvgIpc) is 3.12. The smallest absolute Gasteiger partial charge is 0.259 e. The molecule has 6 heteroatoms. The van der Waals surface area contributed by atoms with E-state index in [1.807, 2.05) is 46.7 Å². The summed E-state index contributed by atoms with van der Waals surface area (Å²) in [5.41, 5.74) is 1.98. The molecule has 1 fully saturated rings. The third kappa shape index (κ3) is 3.30. The van der Waals surface area contributed by atoms with Crippen LogP contribution in [0.25, 0.3) is 20.5 Å². The Morgan fingerprint density at radius 2 is 1.97 bits per heavy atom. The molecule has 1 saturated heterocycles. The standard InChI is InChI=1S/C23H25N3O2S/c1-24(2)14-22(27)25-11-15-9-17(13-25)19-8-7-18(23(28)26(19)12-15)21-10-16-5-3-4-6-20(16)29-21/h3-8,10,15,17H,9,11-14H2,1-2H3. The molecule has 4 heterocycles. The second-order valence-corrected chi connectivity index (χ2v) is 9.66. The van der Waals surface area contributed by atoms with E-state index in [1.165, 1.54) is 10.1 Å². The average molecular weight is 408 g/mol. The first-order valence-electron chi connectivity index (χ1n) is 10.1. The molecule has 0 radical (unpaired) electrons. The number of likely N-dealkylation sites (N-methyl/N-ethyl adjacent to an activating group) is 1. The number of carbonyl (C=O) groups excluding carboxylic acids is 1. The quantitative estimate of drug-likeness (QED) is 0.670. The minimum Gasteiger partial charge on any atom is -0.341 e. The normalized spacial score (nSPS) is 20.9. The van der Waals surface area contributed by atoms with E-state index in [9.17, 15) is 9.59 Å². The first-order valence-corrected chi connectivity index (χ1v) is 11.0. The highest BCUT2D eigenvalue weighted by Crippen LogP contribution is 2.37. The lowest BCUT2D eigenvalue weighted by Gasteiger charge is -2.43. The van der Waals surface area contributed by atoms with Crippen LogP contribution < -0.4 is 5.56 Å². The van der Waals surface area contributed by atoms with Crippen LogP contribution in [0.3, 0.4) is 0 Å². The Labute approximate surface area is 174 Å². The summed E-state index contributed by atoms with van der Waals surface area (Å²) in [7, 11) is 3.85. The van der Waals surface area contributed by atoms with Crippen molar-refractivity contribution in [3.63, 3.8) is 0 Å². The van der Waals surface area contributed by atoms with Gasteiger partial charge in [0, 0.05) is 40.8 Å². The van der Waals surface area contributed by atoms with Crippen molar-refractivity contribution in [3.05, 3.63) is 58.5 Å². The van der Waals surface area contributed by atoms with E-state index in [2.05, 4.69) is 24.3 Å². The number of rotatable bonds is 3. The first kappa shape index (κ1) is 18.6. The number of hydrogen-bond acceptors (Lipinski definition) is 4. The molecule has 2 aliphatic heterocycles. The van der Waals surface area contributed by atoms with Crippen LogP contribution in [-0.2, 0) is 11.3 Å². The topological polar surface area (TPSA) is 45.6 Å². The molecule has 2 aromatic heterocycles. The van der Waals surface area contributed by atoms with Gasteiger partial charge in [-0.2, -0.15) is 0 Å². The minimum absolute atomic E-state index is 0.108. The Kier molecular flexibility index (Phi) is 4.56. The van der Waals surface area contributed by atoms with Crippen LogP contribution in [0.5, 0.6) is 0 Å². The third-order valence-electron chi connectivity index (χ3n) is 6.10. The number of amides is 1. The van der Waals surface area contributed by atoms with Gasteiger partial charge in [0.05, 0.1) is 12.1 Å². The SMILES string of the molecule is CN(C)CC(=O)N1CC2CC(C1)c1ccc(-c3cc4ccccc4s3)c(=O)n1C2. The molecule has 5 rings (SSSR count). The summed E-state index contributed by atoms with van der Waals surface area (Å²) in [6, 6.07) is 14.5. The molecule has 2 aliphatic rings. The zero-order valence-corrected chi connectivity index (χ0v) is 17.6. The maximum atomic E-state index is 13.4. The molecule has 2 bridgehead atoms. The number of hydrogen-bond donors (Lipinski definition) is 0. The van der Waals surface area contributed by atoms with Gasteiger partial charge in [-0.15, -0.1) is 11.3 Å². The number of fused-ring (bicyclic) bond motifs is 5. The van der Waals surface area contributed by atoms with Gasteiger partial charge in [0.2, 0.25) is 5.91 Å². The fourth-order valence-electron chi connectivity index (χ4n) is 4.82. The summed E-state index contributed by atoms with van der Waals surface area (Å²) < 4.78 is 3.18. The van der Waals surface area contributed by atoms with Gasteiger partial charge in [0.15, 0.2) is 0 Å². The summed E-state index contributed by atoms with van der Waals surface area (Å²) in [5, 5.41) is 1.18. The number of thiophene rings is 1. The Balaban J connectivity index is 1.48. The summed E-state index contributed by atoms with van der Waals surface area (Å²) in [6.45, 7) is 2.61. The van der Waals surface area contributed by atoms with Gasteiger partial charge in [0.1, 0.15) is 0 Å². The number of carbonyl (C=O) groups is 1. The van der Waals surface area contributed by atoms with Crippen LogP contribution >= 0.6 is 11.3 Å². The molecule has 0 spiro atoms. The molecule has 0 saturated carbocycles. The van der Waals surface area contributed by atoms with Gasteiger partial charge < -0.3 is 14.4 Å². The Morgan fingerprint density at radius 1 is 1.14 bits per heavy atom. The third-order valence-corrected chi connectivity index (χ3v) is 7.25. The van der Waals surface area contributed by atoms with Crippen LogP contribution in [0.15, 0.2) is 47.3 Å². The summed E-state index contributed by atoms with van der Waals surface area (Å²) in [6.07, 6.45) is 1.06. The van der Waals surface area contributed by atoms with E-state index in [0.717, 1.165) is 29.1 Å². The minimum atomic E-state index is 0.108. The van der Waals surface area contributed by atoms with Crippen molar-refractivity contribution >= 4 is 27.3 Å².